The number of halogens is 3. The van der Waals surface area contributed by atoms with Gasteiger partial charge in [-0.25, -0.2) is 5.01 Å². The van der Waals surface area contributed by atoms with E-state index in [1.54, 1.807) is 11.1 Å². The third kappa shape index (κ3) is 3.57. The predicted molar refractivity (Wildman–Crippen MR) is 108 cm³/mol. The number of anilines is 1. The van der Waals surface area contributed by atoms with Gasteiger partial charge < -0.3 is 0 Å². The third-order valence-corrected chi connectivity index (χ3v) is 5.27. The number of rotatable bonds is 2. The molecule has 30 heavy (non-hydrogen) atoms. The fraction of sp³-hybridized carbons (Fsp3) is 0.217. The maximum Gasteiger partial charge on any atom is 0.416 e. The second-order valence-electron chi connectivity index (χ2n) is 7.12. The monoisotopic (exact) mass is 409 g/mol. The zero-order valence-corrected chi connectivity index (χ0v) is 16.0. The summed E-state index contributed by atoms with van der Waals surface area (Å²) < 4.78 is 38.5. The van der Waals surface area contributed by atoms with Crippen molar-refractivity contribution in [3.63, 3.8) is 0 Å². The second-order valence-corrected chi connectivity index (χ2v) is 7.12. The molecule has 4 rings (SSSR count). The van der Waals surface area contributed by atoms with Gasteiger partial charge in [-0.3, -0.25) is 9.80 Å². The Hall–Kier alpha value is -3.53. The average Bonchev–Trinajstić information content (AvgIpc) is 2.77. The number of benzene rings is 3. The van der Waals surface area contributed by atoms with E-state index in [0.717, 1.165) is 41.4 Å². The first-order valence-electron chi connectivity index (χ1n) is 9.58. The Balaban J connectivity index is 1.72. The highest BCUT2D eigenvalue weighted by Crippen LogP contribution is 2.33. The number of carbonyl (C=O) groups excluding carboxylic acids is 1. The first kappa shape index (κ1) is 19.8. The normalized spacial score (nSPS) is 14.6. The van der Waals surface area contributed by atoms with Crippen LogP contribution in [-0.2, 0) is 6.18 Å². The van der Waals surface area contributed by atoms with Crippen molar-refractivity contribution >= 4 is 22.4 Å². The van der Waals surface area contributed by atoms with Crippen molar-refractivity contribution in [1.29, 1.82) is 5.26 Å². The highest BCUT2D eigenvalue weighted by Gasteiger charge is 2.31. The summed E-state index contributed by atoms with van der Waals surface area (Å²) in [6.45, 7) is 1.07. The zero-order valence-electron chi connectivity index (χ0n) is 16.0. The average molecular weight is 409 g/mol. The van der Waals surface area contributed by atoms with E-state index in [1.807, 2.05) is 35.3 Å². The molecular formula is C23H18F3N3O. The Morgan fingerprint density at radius 1 is 0.900 bits per heavy atom. The van der Waals surface area contributed by atoms with Gasteiger partial charge in [-0.1, -0.05) is 24.3 Å². The van der Waals surface area contributed by atoms with Crippen LogP contribution < -0.4 is 5.01 Å². The Kier molecular flexibility index (Phi) is 5.08. The lowest BCUT2D eigenvalue weighted by molar-refractivity contribution is -0.137. The lowest BCUT2D eigenvalue weighted by Crippen LogP contribution is -2.50. The number of carbonyl (C=O) groups is 1. The van der Waals surface area contributed by atoms with E-state index in [1.165, 1.54) is 12.1 Å². The van der Waals surface area contributed by atoms with Gasteiger partial charge >= 0.3 is 6.18 Å². The van der Waals surface area contributed by atoms with Crippen molar-refractivity contribution in [2.45, 2.75) is 19.0 Å². The summed E-state index contributed by atoms with van der Waals surface area (Å²) in [5.41, 5.74) is 0.761. The van der Waals surface area contributed by atoms with Crippen molar-refractivity contribution < 1.29 is 18.0 Å². The van der Waals surface area contributed by atoms with E-state index in [2.05, 4.69) is 6.07 Å². The molecule has 0 aliphatic carbocycles. The number of fused-ring (bicyclic) bond motifs is 1. The number of amides is 1. The summed E-state index contributed by atoms with van der Waals surface area (Å²) >= 11 is 0. The molecule has 1 heterocycles. The molecule has 0 aromatic heterocycles. The molecule has 0 saturated carbocycles. The lowest BCUT2D eigenvalue weighted by atomic mass is 10.0. The number of alkyl halides is 3. The van der Waals surface area contributed by atoms with E-state index in [-0.39, 0.29) is 11.5 Å². The quantitative estimate of drug-likeness (QED) is 0.570. The first-order valence-corrected chi connectivity index (χ1v) is 9.58. The van der Waals surface area contributed by atoms with Crippen LogP contribution in [0.5, 0.6) is 0 Å². The van der Waals surface area contributed by atoms with E-state index in [9.17, 15) is 23.2 Å². The SMILES string of the molecule is N#Cc1ccc(N2CCCCN2C(=O)c2ccc(C(F)(F)F)cc2)c2ccccc12. The summed E-state index contributed by atoms with van der Waals surface area (Å²) in [4.78, 5) is 13.2. The number of hydrogen-bond donors (Lipinski definition) is 0. The molecule has 3 aromatic carbocycles. The molecule has 1 amide bonds. The third-order valence-electron chi connectivity index (χ3n) is 5.27. The standard InChI is InChI=1S/C23H18F3N3O/c24-23(25,26)18-10-7-16(8-11-18)22(30)29-14-4-3-13-28(29)21-12-9-17(15-27)19-5-1-2-6-20(19)21/h1-2,5-12H,3-4,13-14H2. The molecule has 0 unspecified atom stereocenters. The largest absolute Gasteiger partial charge is 0.416 e. The van der Waals surface area contributed by atoms with Gasteiger partial charge in [0.05, 0.1) is 22.9 Å². The number of nitriles is 1. The zero-order chi connectivity index (χ0) is 21.3. The minimum Gasteiger partial charge on any atom is -0.282 e. The molecule has 7 heteroatoms. The van der Waals surface area contributed by atoms with Crippen LogP contribution in [0.25, 0.3) is 10.8 Å². The number of nitrogens with zero attached hydrogens (tertiary/aromatic N) is 3. The smallest absolute Gasteiger partial charge is 0.282 e. The summed E-state index contributed by atoms with van der Waals surface area (Å²) in [6, 6.07) is 17.5. The molecule has 3 aromatic rings. The summed E-state index contributed by atoms with van der Waals surface area (Å²) in [7, 11) is 0. The molecule has 0 N–H and O–H groups in total. The van der Waals surface area contributed by atoms with Crippen LogP contribution in [-0.4, -0.2) is 24.0 Å². The van der Waals surface area contributed by atoms with Crippen molar-refractivity contribution in [3.8, 4) is 6.07 Å². The Morgan fingerprint density at radius 3 is 2.23 bits per heavy atom. The maximum absolute atomic E-state index is 13.2. The molecule has 1 saturated heterocycles. The van der Waals surface area contributed by atoms with Crippen molar-refractivity contribution in [3.05, 3.63) is 77.4 Å². The Labute approximate surface area is 171 Å². The molecular weight excluding hydrogens is 391 g/mol. The summed E-state index contributed by atoms with van der Waals surface area (Å²) in [5, 5.41) is 14.5. The minimum atomic E-state index is -4.44. The van der Waals surface area contributed by atoms with Crippen LogP contribution >= 0.6 is 0 Å². The van der Waals surface area contributed by atoms with Gasteiger partial charge in [0.25, 0.3) is 5.91 Å². The van der Waals surface area contributed by atoms with E-state index in [4.69, 9.17) is 0 Å². The summed E-state index contributed by atoms with van der Waals surface area (Å²) in [6.07, 6.45) is -2.76. The highest BCUT2D eigenvalue weighted by atomic mass is 19.4. The van der Waals surface area contributed by atoms with Crippen LogP contribution in [0.1, 0.15) is 34.3 Å². The van der Waals surface area contributed by atoms with Gasteiger partial charge in [-0.2, -0.15) is 18.4 Å². The van der Waals surface area contributed by atoms with Crippen LogP contribution in [0.2, 0.25) is 0 Å². The Bertz CT molecular complexity index is 1130. The molecule has 1 aliphatic heterocycles. The van der Waals surface area contributed by atoms with Gasteiger partial charge in [-0.05, 0) is 49.2 Å². The molecule has 1 fully saturated rings. The van der Waals surface area contributed by atoms with Crippen LogP contribution in [0.3, 0.4) is 0 Å². The minimum absolute atomic E-state index is 0.202. The highest BCUT2D eigenvalue weighted by molar-refractivity contribution is 6.00. The lowest BCUT2D eigenvalue weighted by Gasteiger charge is -2.40. The van der Waals surface area contributed by atoms with Crippen molar-refractivity contribution in [2.24, 2.45) is 0 Å². The number of hydrazine groups is 1. The molecule has 1 aliphatic rings. The first-order chi connectivity index (χ1) is 14.4. The molecule has 0 radical (unpaired) electrons. The van der Waals surface area contributed by atoms with Crippen LogP contribution in [0.4, 0.5) is 18.9 Å². The van der Waals surface area contributed by atoms with E-state index >= 15 is 0 Å². The molecule has 4 nitrogen and oxygen atoms in total. The summed E-state index contributed by atoms with van der Waals surface area (Å²) in [5.74, 6) is -0.350. The van der Waals surface area contributed by atoms with E-state index in [0.29, 0.717) is 18.7 Å². The van der Waals surface area contributed by atoms with Crippen molar-refractivity contribution in [2.75, 3.05) is 18.1 Å². The fourth-order valence-corrected chi connectivity index (χ4v) is 3.78. The van der Waals surface area contributed by atoms with Gasteiger partial charge in [-0.15, -0.1) is 0 Å². The molecule has 152 valence electrons. The van der Waals surface area contributed by atoms with Crippen LogP contribution in [0.15, 0.2) is 60.7 Å². The maximum atomic E-state index is 13.2. The van der Waals surface area contributed by atoms with Gasteiger partial charge in [0.15, 0.2) is 0 Å². The molecule has 0 bridgehead atoms. The Morgan fingerprint density at radius 2 is 1.57 bits per heavy atom. The second kappa shape index (κ2) is 7.71. The topological polar surface area (TPSA) is 47.3 Å². The van der Waals surface area contributed by atoms with Crippen LogP contribution in [0, 0.1) is 11.3 Å². The van der Waals surface area contributed by atoms with Gasteiger partial charge in [0.1, 0.15) is 0 Å². The number of hydrogen-bond acceptors (Lipinski definition) is 3. The van der Waals surface area contributed by atoms with E-state index < -0.39 is 11.7 Å². The predicted octanol–water partition coefficient (Wildman–Crippen LogP) is 5.39. The molecule has 0 spiro atoms. The fourth-order valence-electron chi connectivity index (χ4n) is 3.78. The van der Waals surface area contributed by atoms with Gasteiger partial charge in [0.2, 0.25) is 0 Å². The molecule has 0 atom stereocenters. The van der Waals surface area contributed by atoms with Gasteiger partial charge in [0, 0.05) is 29.4 Å². The van der Waals surface area contributed by atoms with Crippen molar-refractivity contribution in [1.82, 2.24) is 5.01 Å².